The maximum Gasteiger partial charge on any atom is 0.149 e. The third-order valence-electron chi connectivity index (χ3n) is 2.21. The molecule has 3 nitrogen and oxygen atoms in total. The minimum atomic E-state index is -3.03. The van der Waals surface area contributed by atoms with Crippen LogP contribution in [-0.2, 0) is 9.84 Å². The van der Waals surface area contributed by atoms with E-state index in [2.05, 4.69) is 27.8 Å². The maximum absolute atomic E-state index is 11.4. The lowest BCUT2D eigenvalue weighted by atomic mass is 10.1. The minimum absolute atomic E-state index is 0.0806. The van der Waals surface area contributed by atoms with Gasteiger partial charge in [-0.05, 0) is 5.56 Å². The molecule has 1 rings (SSSR count). The number of hydrogen-bond donors (Lipinski definition) is 1. The van der Waals surface area contributed by atoms with Crippen LogP contribution in [0.4, 0.5) is 0 Å². The fourth-order valence-electron chi connectivity index (χ4n) is 1.50. The van der Waals surface area contributed by atoms with Crippen molar-refractivity contribution in [3.63, 3.8) is 0 Å². The summed E-state index contributed by atoms with van der Waals surface area (Å²) in [5, 5.41) is 3.17. The molecule has 0 aliphatic carbocycles. The van der Waals surface area contributed by atoms with Crippen LogP contribution in [-0.4, -0.2) is 27.0 Å². The van der Waals surface area contributed by atoms with E-state index in [1.165, 1.54) is 6.26 Å². The molecule has 0 fully saturated rings. The molecule has 94 valence electrons. The van der Waals surface area contributed by atoms with Crippen molar-refractivity contribution in [2.24, 2.45) is 0 Å². The van der Waals surface area contributed by atoms with Crippen LogP contribution in [0.15, 0.2) is 41.4 Å². The van der Waals surface area contributed by atoms with Crippen LogP contribution in [0.3, 0.4) is 0 Å². The molecule has 1 atom stereocenters. The average Bonchev–Trinajstić information content (AvgIpc) is 2.24. The van der Waals surface area contributed by atoms with E-state index in [0.29, 0.717) is 6.54 Å². The highest BCUT2D eigenvalue weighted by atomic mass is 79.9. The smallest absolute Gasteiger partial charge is 0.149 e. The van der Waals surface area contributed by atoms with Crippen LogP contribution >= 0.6 is 15.9 Å². The first-order chi connectivity index (χ1) is 7.88. The van der Waals surface area contributed by atoms with E-state index < -0.39 is 9.84 Å². The SMILES string of the molecule is C=C(Br)CN[C@H](CS(C)(=O)=O)c1ccccc1. The summed E-state index contributed by atoms with van der Waals surface area (Å²) in [6.45, 7) is 4.26. The molecule has 0 bridgehead atoms. The third kappa shape index (κ3) is 6.00. The second-order valence-electron chi connectivity index (χ2n) is 3.95. The summed E-state index contributed by atoms with van der Waals surface area (Å²) in [5.41, 5.74) is 0.965. The van der Waals surface area contributed by atoms with Gasteiger partial charge in [0.25, 0.3) is 0 Å². The molecule has 0 heterocycles. The Kier molecular flexibility index (Phi) is 5.36. The van der Waals surface area contributed by atoms with Gasteiger partial charge in [-0.1, -0.05) is 52.8 Å². The van der Waals surface area contributed by atoms with Gasteiger partial charge in [0.05, 0.1) is 5.75 Å². The maximum atomic E-state index is 11.4. The van der Waals surface area contributed by atoms with E-state index in [1.807, 2.05) is 30.3 Å². The van der Waals surface area contributed by atoms with Crippen molar-refractivity contribution in [2.45, 2.75) is 6.04 Å². The molecule has 0 aliphatic rings. The Morgan fingerprint density at radius 2 is 2.00 bits per heavy atom. The predicted octanol–water partition coefficient (Wildman–Crippen LogP) is 2.27. The van der Waals surface area contributed by atoms with Gasteiger partial charge in [0, 0.05) is 23.3 Å². The summed E-state index contributed by atoms with van der Waals surface area (Å²) in [5.74, 6) is 0.0806. The van der Waals surface area contributed by atoms with Gasteiger partial charge in [-0.3, -0.25) is 0 Å². The molecule has 1 N–H and O–H groups in total. The van der Waals surface area contributed by atoms with E-state index in [0.717, 1.165) is 10.0 Å². The highest BCUT2D eigenvalue weighted by Gasteiger charge is 2.16. The second kappa shape index (κ2) is 6.33. The lowest BCUT2D eigenvalue weighted by molar-refractivity contribution is 0.570. The minimum Gasteiger partial charge on any atom is -0.304 e. The number of halogens is 1. The molecular weight excluding hydrogens is 302 g/mol. The first-order valence-electron chi connectivity index (χ1n) is 5.18. The van der Waals surface area contributed by atoms with E-state index in [1.54, 1.807) is 0 Å². The normalized spacial score (nSPS) is 13.3. The fourth-order valence-corrected chi connectivity index (χ4v) is 2.57. The Morgan fingerprint density at radius 3 is 2.47 bits per heavy atom. The van der Waals surface area contributed by atoms with Gasteiger partial charge in [0.1, 0.15) is 9.84 Å². The van der Waals surface area contributed by atoms with Crippen LogP contribution < -0.4 is 5.32 Å². The number of benzene rings is 1. The zero-order valence-corrected chi connectivity index (χ0v) is 12.1. The van der Waals surface area contributed by atoms with Crippen LogP contribution in [0.25, 0.3) is 0 Å². The second-order valence-corrected chi connectivity index (χ2v) is 7.26. The topological polar surface area (TPSA) is 46.2 Å². The summed E-state index contributed by atoms with van der Waals surface area (Å²) in [6.07, 6.45) is 1.24. The zero-order chi connectivity index (χ0) is 12.9. The van der Waals surface area contributed by atoms with Crippen LogP contribution in [0.1, 0.15) is 11.6 Å². The summed E-state index contributed by atoms with van der Waals surface area (Å²) >= 11 is 3.25. The van der Waals surface area contributed by atoms with E-state index in [-0.39, 0.29) is 11.8 Å². The number of nitrogens with one attached hydrogen (secondary N) is 1. The Labute approximate surface area is 111 Å². The molecule has 0 radical (unpaired) electrons. The van der Waals surface area contributed by atoms with Crippen molar-refractivity contribution in [3.05, 3.63) is 47.0 Å². The molecule has 0 aromatic heterocycles. The van der Waals surface area contributed by atoms with Crippen LogP contribution in [0.5, 0.6) is 0 Å². The van der Waals surface area contributed by atoms with Crippen molar-refractivity contribution in [1.82, 2.24) is 5.32 Å². The lowest BCUT2D eigenvalue weighted by Gasteiger charge is -2.18. The Morgan fingerprint density at radius 1 is 1.41 bits per heavy atom. The van der Waals surface area contributed by atoms with Gasteiger partial charge in [0.15, 0.2) is 0 Å². The molecule has 1 aromatic carbocycles. The molecule has 17 heavy (non-hydrogen) atoms. The van der Waals surface area contributed by atoms with Crippen molar-refractivity contribution in [3.8, 4) is 0 Å². The Bertz CT molecular complexity index is 471. The van der Waals surface area contributed by atoms with Crippen molar-refractivity contribution < 1.29 is 8.42 Å². The van der Waals surface area contributed by atoms with Crippen molar-refractivity contribution >= 4 is 25.8 Å². The van der Waals surface area contributed by atoms with Crippen molar-refractivity contribution in [1.29, 1.82) is 0 Å². The first kappa shape index (κ1) is 14.4. The first-order valence-corrected chi connectivity index (χ1v) is 8.03. The van der Waals surface area contributed by atoms with Gasteiger partial charge < -0.3 is 5.32 Å². The molecule has 0 aliphatic heterocycles. The molecule has 0 saturated heterocycles. The monoisotopic (exact) mass is 317 g/mol. The van der Waals surface area contributed by atoms with Crippen LogP contribution in [0.2, 0.25) is 0 Å². The van der Waals surface area contributed by atoms with Gasteiger partial charge in [0.2, 0.25) is 0 Å². The number of rotatable bonds is 6. The van der Waals surface area contributed by atoms with Crippen LogP contribution in [0, 0.1) is 0 Å². The predicted molar refractivity (Wildman–Crippen MR) is 75.0 cm³/mol. The van der Waals surface area contributed by atoms with E-state index >= 15 is 0 Å². The van der Waals surface area contributed by atoms with Gasteiger partial charge in [-0.15, -0.1) is 0 Å². The number of sulfone groups is 1. The summed E-state index contributed by atoms with van der Waals surface area (Å²) < 4.78 is 23.6. The van der Waals surface area contributed by atoms with Crippen molar-refractivity contribution in [2.75, 3.05) is 18.6 Å². The molecule has 0 spiro atoms. The van der Waals surface area contributed by atoms with E-state index in [4.69, 9.17) is 0 Å². The highest BCUT2D eigenvalue weighted by Crippen LogP contribution is 2.15. The molecule has 0 saturated carbocycles. The number of hydrogen-bond acceptors (Lipinski definition) is 3. The summed E-state index contributed by atoms with van der Waals surface area (Å²) in [4.78, 5) is 0. The summed E-state index contributed by atoms with van der Waals surface area (Å²) in [6, 6.07) is 9.33. The molecule has 5 heteroatoms. The van der Waals surface area contributed by atoms with E-state index in [9.17, 15) is 8.42 Å². The molecule has 1 aromatic rings. The molecule has 0 unspecified atom stereocenters. The Balaban J connectivity index is 2.83. The summed E-state index contributed by atoms with van der Waals surface area (Å²) in [7, 11) is -3.03. The zero-order valence-electron chi connectivity index (χ0n) is 9.69. The standard InChI is InChI=1S/C12H16BrNO2S/c1-10(13)8-14-12(9-17(2,15)16)11-6-4-3-5-7-11/h3-7,12,14H,1,8-9H2,2H3/t12-/m1/s1. The Hall–Kier alpha value is -0.650. The fraction of sp³-hybridized carbons (Fsp3) is 0.333. The molecule has 0 amide bonds. The average molecular weight is 318 g/mol. The largest absolute Gasteiger partial charge is 0.304 e. The van der Waals surface area contributed by atoms with Gasteiger partial charge in [-0.2, -0.15) is 0 Å². The third-order valence-corrected chi connectivity index (χ3v) is 3.43. The van der Waals surface area contributed by atoms with Gasteiger partial charge >= 0.3 is 0 Å². The highest BCUT2D eigenvalue weighted by molar-refractivity contribution is 9.11. The molecular formula is C12H16BrNO2S. The lowest BCUT2D eigenvalue weighted by Crippen LogP contribution is -2.28. The quantitative estimate of drug-likeness (QED) is 0.875. The van der Waals surface area contributed by atoms with Gasteiger partial charge in [-0.25, -0.2) is 8.42 Å².